The fourth-order valence-corrected chi connectivity index (χ4v) is 2.43. The van der Waals surface area contributed by atoms with Gasteiger partial charge in [0.25, 0.3) is 0 Å². The Morgan fingerprint density at radius 3 is 2.80 bits per heavy atom. The summed E-state index contributed by atoms with van der Waals surface area (Å²) >= 11 is 9.67. The summed E-state index contributed by atoms with van der Waals surface area (Å²) in [7, 11) is 0. The number of benzene rings is 1. The van der Waals surface area contributed by atoms with E-state index in [4.69, 9.17) is 11.6 Å². The molecule has 0 radical (unpaired) electrons. The Morgan fingerprint density at radius 1 is 1.40 bits per heavy atom. The van der Waals surface area contributed by atoms with Crippen LogP contribution in [-0.4, -0.2) is 4.98 Å². The lowest BCUT2D eigenvalue weighted by atomic mass is 10.1. The van der Waals surface area contributed by atoms with Gasteiger partial charge in [0, 0.05) is 9.86 Å². The van der Waals surface area contributed by atoms with Crippen molar-refractivity contribution in [2.75, 3.05) is 0 Å². The third kappa shape index (κ3) is 1.77. The van der Waals surface area contributed by atoms with Crippen LogP contribution in [0.3, 0.4) is 0 Å². The van der Waals surface area contributed by atoms with E-state index >= 15 is 0 Å². The molecule has 0 N–H and O–H groups in total. The van der Waals surface area contributed by atoms with Crippen LogP contribution in [0.15, 0.2) is 22.7 Å². The van der Waals surface area contributed by atoms with Gasteiger partial charge in [-0.2, -0.15) is 0 Å². The molecule has 0 aliphatic carbocycles. The van der Waals surface area contributed by atoms with Gasteiger partial charge in [-0.25, -0.2) is 0 Å². The number of hydrogen-bond donors (Lipinski definition) is 0. The molecule has 3 heteroatoms. The molecule has 0 saturated heterocycles. The van der Waals surface area contributed by atoms with Crippen LogP contribution in [-0.2, 0) is 6.42 Å². The molecule has 1 aromatic carbocycles. The maximum Gasteiger partial charge on any atom is 0.0767 e. The first-order valence-electron chi connectivity index (χ1n) is 4.88. The van der Waals surface area contributed by atoms with Gasteiger partial charge >= 0.3 is 0 Å². The number of hydrogen-bond acceptors (Lipinski definition) is 1. The number of fused-ring (bicyclic) bond motifs is 1. The van der Waals surface area contributed by atoms with E-state index in [-0.39, 0.29) is 0 Å². The molecule has 0 unspecified atom stereocenters. The first-order chi connectivity index (χ1) is 7.15. The van der Waals surface area contributed by atoms with Crippen molar-refractivity contribution in [1.29, 1.82) is 0 Å². The predicted molar refractivity (Wildman–Crippen MR) is 68.6 cm³/mol. The average Bonchev–Trinajstić information content (AvgIpc) is 2.25. The minimum Gasteiger partial charge on any atom is -0.251 e. The van der Waals surface area contributed by atoms with Crippen LogP contribution in [0.4, 0.5) is 0 Å². The average molecular weight is 285 g/mol. The molecule has 78 valence electrons. The van der Waals surface area contributed by atoms with Gasteiger partial charge in [0.2, 0.25) is 0 Å². The maximum absolute atomic E-state index is 6.14. The lowest BCUT2D eigenvalue weighted by Gasteiger charge is -2.08. The highest BCUT2D eigenvalue weighted by Crippen LogP contribution is 2.33. The molecule has 0 fully saturated rings. The molecule has 0 amide bonds. The van der Waals surface area contributed by atoms with E-state index in [2.05, 4.69) is 33.9 Å². The van der Waals surface area contributed by atoms with Crippen molar-refractivity contribution in [3.05, 3.63) is 39.0 Å². The van der Waals surface area contributed by atoms with Gasteiger partial charge in [-0.3, -0.25) is 4.98 Å². The second-order valence-electron chi connectivity index (χ2n) is 3.49. The van der Waals surface area contributed by atoms with Crippen LogP contribution in [0.5, 0.6) is 0 Å². The van der Waals surface area contributed by atoms with Gasteiger partial charge in [-0.15, -0.1) is 0 Å². The predicted octanol–water partition coefficient (Wildman–Crippen LogP) is 4.52. The number of aromatic nitrogens is 1. The van der Waals surface area contributed by atoms with E-state index in [1.54, 1.807) is 0 Å². The Labute approximate surface area is 103 Å². The Hall–Kier alpha value is -0.600. The smallest absolute Gasteiger partial charge is 0.0767 e. The first kappa shape index (κ1) is 10.9. The SMILES string of the molecule is CCc1cccc2c(Br)c(Cl)c(C)nc12. The summed E-state index contributed by atoms with van der Waals surface area (Å²) in [6, 6.07) is 6.19. The normalized spacial score (nSPS) is 10.9. The van der Waals surface area contributed by atoms with E-state index in [1.165, 1.54) is 5.56 Å². The number of halogens is 2. The van der Waals surface area contributed by atoms with Crippen LogP contribution in [0.25, 0.3) is 10.9 Å². The van der Waals surface area contributed by atoms with Gasteiger partial charge < -0.3 is 0 Å². The molecule has 0 bridgehead atoms. The van der Waals surface area contributed by atoms with Gasteiger partial charge in [0.15, 0.2) is 0 Å². The molecular formula is C12H11BrClN. The molecule has 0 aliphatic heterocycles. The number of nitrogens with zero attached hydrogens (tertiary/aromatic N) is 1. The maximum atomic E-state index is 6.14. The highest BCUT2D eigenvalue weighted by atomic mass is 79.9. The minimum atomic E-state index is 0.704. The molecule has 0 atom stereocenters. The summed E-state index contributed by atoms with van der Waals surface area (Å²) in [5.41, 5.74) is 3.18. The summed E-state index contributed by atoms with van der Waals surface area (Å²) < 4.78 is 0.946. The standard InChI is InChI=1S/C12H11BrClN/c1-3-8-5-4-6-9-10(13)11(14)7(2)15-12(8)9/h4-6H,3H2,1-2H3. The summed E-state index contributed by atoms with van der Waals surface area (Å²) in [4.78, 5) is 4.54. The molecule has 0 saturated carbocycles. The minimum absolute atomic E-state index is 0.704. The van der Waals surface area contributed by atoms with Crippen molar-refractivity contribution in [3.8, 4) is 0 Å². The summed E-state index contributed by atoms with van der Waals surface area (Å²) in [5.74, 6) is 0. The van der Waals surface area contributed by atoms with Crippen molar-refractivity contribution in [2.45, 2.75) is 20.3 Å². The van der Waals surface area contributed by atoms with Crippen molar-refractivity contribution in [3.63, 3.8) is 0 Å². The second-order valence-corrected chi connectivity index (χ2v) is 4.66. The molecule has 2 aromatic rings. The van der Waals surface area contributed by atoms with Gasteiger partial charge in [-0.05, 0) is 34.8 Å². The summed E-state index contributed by atoms with van der Waals surface area (Å²) in [6.45, 7) is 4.06. The molecule has 2 rings (SSSR count). The second kappa shape index (κ2) is 4.11. The van der Waals surface area contributed by atoms with Gasteiger partial charge in [0.05, 0.1) is 16.2 Å². The van der Waals surface area contributed by atoms with Crippen LogP contribution < -0.4 is 0 Å². The van der Waals surface area contributed by atoms with E-state index in [9.17, 15) is 0 Å². The molecule has 0 spiro atoms. The van der Waals surface area contributed by atoms with E-state index in [1.807, 2.05) is 19.1 Å². The molecule has 0 aliphatic rings. The topological polar surface area (TPSA) is 12.9 Å². The summed E-state index contributed by atoms with van der Waals surface area (Å²) in [5, 5.41) is 1.79. The lowest BCUT2D eigenvalue weighted by Crippen LogP contribution is -1.92. The Bertz CT molecular complexity index is 523. The zero-order valence-corrected chi connectivity index (χ0v) is 11.0. The molecule has 15 heavy (non-hydrogen) atoms. The van der Waals surface area contributed by atoms with Crippen molar-refractivity contribution in [2.24, 2.45) is 0 Å². The lowest BCUT2D eigenvalue weighted by molar-refractivity contribution is 1.13. The Morgan fingerprint density at radius 2 is 2.13 bits per heavy atom. The highest BCUT2D eigenvalue weighted by molar-refractivity contribution is 9.10. The zero-order valence-electron chi connectivity index (χ0n) is 8.64. The first-order valence-corrected chi connectivity index (χ1v) is 6.05. The highest BCUT2D eigenvalue weighted by Gasteiger charge is 2.10. The van der Waals surface area contributed by atoms with Crippen molar-refractivity contribution in [1.82, 2.24) is 4.98 Å². The molecule has 1 aromatic heterocycles. The molecule has 1 heterocycles. The third-order valence-corrected chi connectivity index (χ3v) is 4.04. The van der Waals surface area contributed by atoms with Crippen LogP contribution in [0.2, 0.25) is 5.02 Å². The van der Waals surface area contributed by atoms with E-state index in [0.717, 1.165) is 27.5 Å². The van der Waals surface area contributed by atoms with E-state index < -0.39 is 0 Å². The van der Waals surface area contributed by atoms with Crippen LogP contribution in [0, 0.1) is 6.92 Å². The number of aryl methyl sites for hydroxylation is 2. The number of pyridine rings is 1. The number of para-hydroxylation sites is 1. The van der Waals surface area contributed by atoms with Crippen molar-refractivity contribution >= 4 is 38.4 Å². The molecule has 1 nitrogen and oxygen atoms in total. The largest absolute Gasteiger partial charge is 0.251 e. The van der Waals surface area contributed by atoms with Gasteiger partial charge in [0.1, 0.15) is 0 Å². The Balaban J connectivity index is 2.91. The monoisotopic (exact) mass is 283 g/mol. The zero-order chi connectivity index (χ0) is 11.0. The fourth-order valence-electron chi connectivity index (χ4n) is 1.68. The van der Waals surface area contributed by atoms with Crippen LogP contribution in [0.1, 0.15) is 18.2 Å². The van der Waals surface area contributed by atoms with Gasteiger partial charge in [-0.1, -0.05) is 36.7 Å². The van der Waals surface area contributed by atoms with Crippen LogP contribution >= 0.6 is 27.5 Å². The summed E-state index contributed by atoms with van der Waals surface area (Å²) in [6.07, 6.45) is 0.984. The fraction of sp³-hybridized carbons (Fsp3) is 0.250. The number of rotatable bonds is 1. The van der Waals surface area contributed by atoms with E-state index in [0.29, 0.717) is 5.02 Å². The quantitative estimate of drug-likeness (QED) is 0.750. The molecular weight excluding hydrogens is 273 g/mol. The third-order valence-electron chi connectivity index (χ3n) is 2.53. The van der Waals surface area contributed by atoms with Crippen molar-refractivity contribution < 1.29 is 0 Å². The Kier molecular flexibility index (Phi) is 2.98.